The minimum absolute atomic E-state index is 0.0541. The third-order valence-corrected chi connectivity index (χ3v) is 9.36. The third kappa shape index (κ3) is 3.09. The van der Waals surface area contributed by atoms with Gasteiger partial charge in [-0.25, -0.2) is 4.39 Å². The van der Waals surface area contributed by atoms with Gasteiger partial charge in [-0.05, 0) is 42.9 Å². The normalized spacial score (nSPS) is 26.9. The summed E-state index contributed by atoms with van der Waals surface area (Å²) in [5.74, 6) is -1.65. The van der Waals surface area contributed by atoms with Gasteiger partial charge in [0.2, 0.25) is 5.91 Å². The number of nitrogens with zero attached hydrogens (tertiary/aromatic N) is 3. The summed E-state index contributed by atoms with van der Waals surface area (Å²) in [6.45, 7) is 0.249. The summed E-state index contributed by atoms with van der Waals surface area (Å²) in [6, 6.07) is 13.5. The lowest BCUT2D eigenvalue weighted by atomic mass is 9.72. The zero-order valence-electron chi connectivity index (χ0n) is 19.3. The maximum absolute atomic E-state index is 14.6. The minimum Gasteiger partial charge on any atom is -0.467 e. The molecule has 1 aromatic heterocycles. The Morgan fingerprint density at radius 1 is 1.24 bits per heavy atom. The Bertz CT molecular complexity index is 1500. The van der Waals surface area contributed by atoms with E-state index in [4.69, 9.17) is 16.6 Å². The van der Waals surface area contributed by atoms with E-state index >= 15 is 0 Å². The van der Waals surface area contributed by atoms with Crippen molar-refractivity contribution in [2.75, 3.05) is 18.9 Å². The van der Waals surface area contributed by atoms with Crippen LogP contribution in [0, 0.1) is 15.9 Å². The van der Waals surface area contributed by atoms with E-state index < -0.39 is 38.8 Å². The second-order valence-electron chi connectivity index (χ2n) is 9.21. The number of halogens is 1. The number of fused-ring (bicyclic) bond motifs is 3. The summed E-state index contributed by atoms with van der Waals surface area (Å²) in [4.78, 5) is 42.7. The van der Waals surface area contributed by atoms with Gasteiger partial charge in [-0.3, -0.25) is 29.5 Å². The molecule has 12 heteroatoms. The monoisotopic (exact) mass is 538 g/mol. The van der Waals surface area contributed by atoms with Crippen LogP contribution in [0.5, 0.6) is 0 Å². The summed E-state index contributed by atoms with van der Waals surface area (Å²) in [5, 5.41) is 14.4. The van der Waals surface area contributed by atoms with Crippen molar-refractivity contribution in [3.05, 3.63) is 93.7 Å². The Hall–Kier alpha value is -3.61. The van der Waals surface area contributed by atoms with Crippen LogP contribution in [0.4, 0.5) is 15.8 Å². The van der Waals surface area contributed by atoms with Crippen molar-refractivity contribution < 1.29 is 23.3 Å². The van der Waals surface area contributed by atoms with Crippen molar-refractivity contribution in [2.24, 2.45) is 0 Å². The molecule has 188 valence electrons. The lowest BCUT2D eigenvalue weighted by Gasteiger charge is -2.41. The number of hydrogen-bond acceptors (Lipinski definition) is 8. The van der Waals surface area contributed by atoms with Crippen LogP contribution in [-0.4, -0.2) is 49.2 Å². The van der Waals surface area contributed by atoms with Crippen LogP contribution in [0.15, 0.2) is 65.3 Å². The summed E-state index contributed by atoms with van der Waals surface area (Å²) in [6.07, 6.45) is 1.49. The fraction of sp³-hybridized carbons (Fsp3) is 0.240. The number of thioether (sulfide) groups is 1. The van der Waals surface area contributed by atoms with Gasteiger partial charge in [-0.15, -0.1) is 0 Å². The largest absolute Gasteiger partial charge is 0.467 e. The predicted octanol–water partition coefficient (Wildman–Crippen LogP) is 4.00. The molecule has 0 bridgehead atoms. The molecule has 0 aliphatic carbocycles. The number of furan rings is 1. The number of likely N-dealkylation sites (N-methyl/N-ethyl adjacent to an activating group) is 1. The summed E-state index contributed by atoms with van der Waals surface area (Å²) in [7, 11) is 1.70. The van der Waals surface area contributed by atoms with Gasteiger partial charge in [0.15, 0.2) is 5.54 Å². The Kier molecular flexibility index (Phi) is 5.27. The molecule has 1 N–H and O–H groups in total. The first-order chi connectivity index (χ1) is 17.7. The molecule has 2 amide bonds. The van der Waals surface area contributed by atoms with Crippen molar-refractivity contribution in [1.29, 1.82) is 0 Å². The Labute approximate surface area is 219 Å². The number of carbonyl (C=O) groups is 2. The van der Waals surface area contributed by atoms with Crippen molar-refractivity contribution in [3.63, 3.8) is 0 Å². The van der Waals surface area contributed by atoms with E-state index in [-0.39, 0.29) is 23.1 Å². The molecule has 2 aromatic carbocycles. The molecule has 2 spiro atoms. The molecule has 4 heterocycles. The number of nitro benzene ring substituents is 1. The van der Waals surface area contributed by atoms with Gasteiger partial charge in [0.1, 0.15) is 20.6 Å². The maximum atomic E-state index is 14.6. The smallest absolute Gasteiger partial charge is 0.269 e. The zero-order chi connectivity index (χ0) is 26.1. The van der Waals surface area contributed by atoms with Crippen LogP contribution in [-0.2, 0) is 21.7 Å². The number of thiocarbonyl (C=S) groups is 1. The minimum atomic E-state index is -1.62. The van der Waals surface area contributed by atoms with Crippen molar-refractivity contribution in [2.45, 2.75) is 22.7 Å². The van der Waals surface area contributed by atoms with Crippen molar-refractivity contribution in [3.8, 4) is 0 Å². The SMILES string of the molecule is CN1C[C@H](c2cccc([N+](=O)[O-])c2)[C@]2(SC(=S)N(Cc3ccco3)C2=O)[C@@]12C(=O)Nc1ccc(F)cc12. The number of carbonyl (C=O) groups excluding carboxylic acids is 2. The molecule has 0 radical (unpaired) electrons. The van der Waals surface area contributed by atoms with Gasteiger partial charge in [-0.2, -0.15) is 0 Å². The zero-order valence-corrected chi connectivity index (χ0v) is 21.0. The lowest BCUT2D eigenvalue weighted by Crippen LogP contribution is -2.61. The highest BCUT2D eigenvalue weighted by molar-refractivity contribution is 8.25. The van der Waals surface area contributed by atoms with E-state index in [1.807, 2.05) is 0 Å². The van der Waals surface area contributed by atoms with Gasteiger partial charge in [0, 0.05) is 35.8 Å². The number of amides is 2. The molecule has 0 unspecified atom stereocenters. The average molecular weight is 539 g/mol. The van der Waals surface area contributed by atoms with E-state index in [9.17, 15) is 24.1 Å². The summed E-state index contributed by atoms with van der Waals surface area (Å²) < 4.78 is 18.7. The fourth-order valence-corrected chi connectivity index (χ4v) is 8.07. The summed E-state index contributed by atoms with van der Waals surface area (Å²) in [5.41, 5.74) is -0.510. The number of likely N-dealkylation sites (tertiary alicyclic amines) is 1. The summed E-state index contributed by atoms with van der Waals surface area (Å²) >= 11 is 6.76. The van der Waals surface area contributed by atoms with Gasteiger partial charge < -0.3 is 9.73 Å². The molecular formula is C25H19FN4O5S2. The van der Waals surface area contributed by atoms with E-state index in [1.165, 1.54) is 41.5 Å². The second-order valence-corrected chi connectivity index (χ2v) is 11.1. The fourth-order valence-electron chi connectivity index (χ4n) is 5.94. The first kappa shape index (κ1) is 23.8. The molecule has 9 nitrogen and oxygen atoms in total. The predicted molar refractivity (Wildman–Crippen MR) is 137 cm³/mol. The highest BCUT2D eigenvalue weighted by Crippen LogP contribution is 2.66. The van der Waals surface area contributed by atoms with Gasteiger partial charge in [0.25, 0.3) is 11.6 Å². The number of anilines is 1. The number of hydrogen-bond donors (Lipinski definition) is 1. The number of benzene rings is 2. The molecule has 6 rings (SSSR count). The highest BCUT2D eigenvalue weighted by atomic mass is 32.2. The topological polar surface area (TPSA) is 109 Å². The van der Waals surface area contributed by atoms with E-state index in [0.717, 1.165) is 11.8 Å². The highest BCUT2D eigenvalue weighted by Gasteiger charge is 2.77. The van der Waals surface area contributed by atoms with Crippen LogP contribution in [0.25, 0.3) is 0 Å². The van der Waals surface area contributed by atoms with E-state index in [2.05, 4.69) is 5.32 Å². The lowest BCUT2D eigenvalue weighted by molar-refractivity contribution is -0.384. The standard InChI is InChI=1S/C25H19FN4O5S2/c1-28-13-19(14-4-2-5-16(10-14)30(33)34)25(22(32)29(23(36)37-25)12-17-6-3-9-35-17)24(28)18-11-15(26)7-8-20(18)27-21(24)31/h2-11,19H,12-13H2,1H3,(H,27,31)/t19-,24-,25-/m1/s1. The Balaban J connectivity index is 1.60. The molecular weight excluding hydrogens is 519 g/mol. The maximum Gasteiger partial charge on any atom is 0.269 e. The molecule has 2 saturated heterocycles. The quantitative estimate of drug-likeness (QED) is 0.302. The molecule has 3 aromatic rings. The average Bonchev–Trinajstić information content (AvgIpc) is 3.60. The van der Waals surface area contributed by atoms with Gasteiger partial charge in [0.05, 0.1) is 17.7 Å². The van der Waals surface area contributed by atoms with E-state index in [0.29, 0.717) is 22.6 Å². The van der Waals surface area contributed by atoms with Gasteiger partial charge in [-0.1, -0.05) is 36.1 Å². The van der Waals surface area contributed by atoms with E-state index in [1.54, 1.807) is 36.2 Å². The number of nitro groups is 1. The molecule has 37 heavy (non-hydrogen) atoms. The van der Waals surface area contributed by atoms with Crippen molar-refractivity contribution in [1.82, 2.24) is 9.80 Å². The third-order valence-electron chi connectivity index (χ3n) is 7.41. The van der Waals surface area contributed by atoms with Crippen LogP contribution >= 0.6 is 24.0 Å². The van der Waals surface area contributed by atoms with Crippen molar-refractivity contribution >= 4 is 51.5 Å². The van der Waals surface area contributed by atoms with Gasteiger partial charge >= 0.3 is 0 Å². The number of rotatable bonds is 4. The second kappa shape index (κ2) is 8.20. The van der Waals surface area contributed by atoms with Crippen LogP contribution in [0.3, 0.4) is 0 Å². The number of non-ortho nitro benzene ring substituents is 1. The first-order valence-corrected chi connectivity index (χ1v) is 12.6. The first-order valence-electron chi connectivity index (χ1n) is 11.3. The number of nitrogens with one attached hydrogen (secondary N) is 1. The van der Waals surface area contributed by atoms with Crippen LogP contribution in [0.2, 0.25) is 0 Å². The molecule has 3 aliphatic heterocycles. The Morgan fingerprint density at radius 3 is 2.78 bits per heavy atom. The molecule has 2 fully saturated rings. The van der Waals surface area contributed by atoms with Crippen LogP contribution in [0.1, 0.15) is 22.8 Å². The Morgan fingerprint density at radius 2 is 2.05 bits per heavy atom. The van der Waals surface area contributed by atoms with Crippen LogP contribution < -0.4 is 5.32 Å². The molecule has 3 aliphatic rings. The molecule has 0 saturated carbocycles. The molecule has 3 atom stereocenters.